The van der Waals surface area contributed by atoms with E-state index in [9.17, 15) is 19.2 Å². The SMILES string of the molecule is CCOC(=O)CNC(=O)N1CC(=O)N2[C@@H](C[C@H](C(=O)OC)[C@@H]2c2ccccc2)C1. The fraction of sp³-hybridized carbons (Fsp3) is 0.500. The maximum Gasteiger partial charge on any atom is 0.325 e. The Morgan fingerprint density at radius 2 is 1.93 bits per heavy atom. The van der Waals surface area contributed by atoms with Gasteiger partial charge in [-0.15, -0.1) is 0 Å². The second-order valence-electron chi connectivity index (χ2n) is 7.02. The van der Waals surface area contributed by atoms with Crippen molar-refractivity contribution in [2.45, 2.75) is 25.4 Å². The van der Waals surface area contributed by atoms with Crippen LogP contribution in [0.15, 0.2) is 30.3 Å². The van der Waals surface area contributed by atoms with Gasteiger partial charge in [-0.05, 0) is 18.9 Å². The van der Waals surface area contributed by atoms with E-state index >= 15 is 0 Å². The van der Waals surface area contributed by atoms with Crippen molar-refractivity contribution in [1.29, 1.82) is 0 Å². The van der Waals surface area contributed by atoms with Crippen LogP contribution in [-0.4, -0.2) is 73.1 Å². The highest BCUT2D eigenvalue weighted by Crippen LogP contribution is 2.43. The summed E-state index contributed by atoms with van der Waals surface area (Å²) in [6.45, 7) is 1.80. The first kappa shape index (κ1) is 20.6. The van der Waals surface area contributed by atoms with Gasteiger partial charge in [-0.25, -0.2) is 4.79 Å². The molecule has 0 spiro atoms. The Morgan fingerprint density at radius 3 is 2.59 bits per heavy atom. The second kappa shape index (κ2) is 8.93. The van der Waals surface area contributed by atoms with Crippen molar-refractivity contribution >= 4 is 23.9 Å². The van der Waals surface area contributed by atoms with Gasteiger partial charge in [-0.2, -0.15) is 0 Å². The Balaban J connectivity index is 1.75. The summed E-state index contributed by atoms with van der Waals surface area (Å²) in [5.41, 5.74) is 0.860. The number of fused-ring (bicyclic) bond motifs is 1. The van der Waals surface area contributed by atoms with Crippen LogP contribution < -0.4 is 5.32 Å². The van der Waals surface area contributed by atoms with E-state index in [0.717, 1.165) is 5.56 Å². The lowest BCUT2D eigenvalue weighted by molar-refractivity contribution is -0.147. The minimum Gasteiger partial charge on any atom is -0.469 e. The van der Waals surface area contributed by atoms with E-state index in [-0.39, 0.29) is 44.2 Å². The van der Waals surface area contributed by atoms with Crippen molar-refractivity contribution in [2.24, 2.45) is 5.92 Å². The number of hydrogen-bond donors (Lipinski definition) is 1. The molecule has 2 aliphatic heterocycles. The molecule has 0 aromatic heterocycles. The summed E-state index contributed by atoms with van der Waals surface area (Å²) in [5.74, 6) is -1.66. The van der Waals surface area contributed by atoms with Gasteiger partial charge in [0.1, 0.15) is 13.1 Å². The smallest absolute Gasteiger partial charge is 0.325 e. The van der Waals surface area contributed by atoms with E-state index in [1.807, 2.05) is 30.3 Å². The number of carbonyl (C=O) groups is 4. The Labute approximate surface area is 168 Å². The maximum absolute atomic E-state index is 12.9. The summed E-state index contributed by atoms with van der Waals surface area (Å²) in [7, 11) is 1.33. The van der Waals surface area contributed by atoms with Gasteiger partial charge in [-0.1, -0.05) is 30.3 Å². The minimum absolute atomic E-state index is 0.123. The lowest BCUT2D eigenvalue weighted by Crippen LogP contribution is -2.58. The molecule has 0 unspecified atom stereocenters. The third kappa shape index (κ3) is 4.33. The second-order valence-corrected chi connectivity index (χ2v) is 7.02. The molecule has 3 atom stereocenters. The van der Waals surface area contributed by atoms with Crippen molar-refractivity contribution in [3.63, 3.8) is 0 Å². The average molecular weight is 403 g/mol. The third-order valence-corrected chi connectivity index (χ3v) is 5.27. The first-order chi connectivity index (χ1) is 14.0. The van der Waals surface area contributed by atoms with Crippen LogP contribution in [0.1, 0.15) is 24.9 Å². The zero-order valence-corrected chi connectivity index (χ0v) is 16.5. The Kier molecular flexibility index (Phi) is 6.36. The highest BCUT2D eigenvalue weighted by atomic mass is 16.5. The molecular weight excluding hydrogens is 378 g/mol. The van der Waals surface area contributed by atoms with Gasteiger partial charge < -0.3 is 24.6 Å². The number of nitrogens with one attached hydrogen (secondary N) is 1. The van der Waals surface area contributed by atoms with E-state index in [0.29, 0.717) is 6.42 Å². The fourth-order valence-electron chi connectivity index (χ4n) is 4.09. The largest absolute Gasteiger partial charge is 0.469 e. The number of amides is 3. The predicted octanol–water partition coefficient (Wildman–Crippen LogP) is 0.706. The number of urea groups is 1. The first-order valence-corrected chi connectivity index (χ1v) is 9.58. The molecule has 2 fully saturated rings. The lowest BCUT2D eigenvalue weighted by atomic mass is 9.93. The summed E-state index contributed by atoms with van der Waals surface area (Å²) in [4.78, 5) is 52.3. The molecule has 3 rings (SSSR count). The topological polar surface area (TPSA) is 105 Å². The standard InChI is InChI=1S/C20H25N3O6/c1-3-29-17(25)10-21-20(27)22-11-14-9-15(19(26)28-2)18(23(14)16(24)12-22)13-7-5-4-6-8-13/h4-8,14-15,18H,3,9-12H2,1-2H3,(H,21,27)/t14-,15-,18-/m0/s1. The van der Waals surface area contributed by atoms with E-state index < -0.39 is 24.0 Å². The summed E-state index contributed by atoms with van der Waals surface area (Å²) in [6, 6.07) is 8.12. The number of benzene rings is 1. The molecule has 156 valence electrons. The van der Waals surface area contributed by atoms with E-state index in [1.54, 1.807) is 11.8 Å². The summed E-state index contributed by atoms with van der Waals surface area (Å²) in [6.07, 6.45) is 0.402. The molecule has 9 heteroatoms. The van der Waals surface area contributed by atoms with Crippen molar-refractivity contribution in [3.05, 3.63) is 35.9 Å². The van der Waals surface area contributed by atoms with Gasteiger partial charge in [0.15, 0.2) is 0 Å². The molecule has 2 aliphatic rings. The Bertz CT molecular complexity index is 784. The molecule has 0 radical (unpaired) electrons. The molecule has 0 saturated carbocycles. The van der Waals surface area contributed by atoms with Crippen LogP contribution in [-0.2, 0) is 23.9 Å². The molecule has 2 heterocycles. The van der Waals surface area contributed by atoms with Crippen LogP contribution in [0.25, 0.3) is 0 Å². The van der Waals surface area contributed by atoms with Crippen LogP contribution >= 0.6 is 0 Å². The monoisotopic (exact) mass is 403 g/mol. The highest BCUT2D eigenvalue weighted by molar-refractivity contribution is 5.88. The minimum atomic E-state index is -0.540. The van der Waals surface area contributed by atoms with Gasteiger partial charge in [0, 0.05) is 6.54 Å². The van der Waals surface area contributed by atoms with Gasteiger partial charge >= 0.3 is 18.0 Å². The number of hydrogen-bond acceptors (Lipinski definition) is 6. The van der Waals surface area contributed by atoms with Gasteiger partial charge in [0.05, 0.1) is 31.7 Å². The number of carbonyl (C=O) groups excluding carboxylic acids is 4. The number of nitrogens with zero attached hydrogens (tertiary/aromatic N) is 2. The fourth-order valence-corrected chi connectivity index (χ4v) is 4.09. The van der Waals surface area contributed by atoms with Crippen LogP contribution in [0.5, 0.6) is 0 Å². The third-order valence-electron chi connectivity index (χ3n) is 5.27. The van der Waals surface area contributed by atoms with E-state index in [1.165, 1.54) is 12.0 Å². The van der Waals surface area contributed by atoms with Crippen LogP contribution in [0.2, 0.25) is 0 Å². The summed E-state index contributed by atoms with van der Waals surface area (Å²) in [5, 5.41) is 2.48. The molecule has 1 aromatic carbocycles. The zero-order chi connectivity index (χ0) is 21.0. The molecule has 3 amide bonds. The van der Waals surface area contributed by atoms with Crippen LogP contribution in [0.4, 0.5) is 4.79 Å². The van der Waals surface area contributed by atoms with Crippen LogP contribution in [0, 0.1) is 5.92 Å². The molecule has 0 bridgehead atoms. The van der Waals surface area contributed by atoms with Crippen molar-refractivity contribution < 1.29 is 28.7 Å². The zero-order valence-electron chi connectivity index (χ0n) is 16.5. The number of rotatable bonds is 5. The normalized spacial score (nSPS) is 23.4. The quantitative estimate of drug-likeness (QED) is 0.726. The first-order valence-electron chi connectivity index (χ1n) is 9.58. The molecule has 0 aliphatic carbocycles. The molecule has 9 nitrogen and oxygen atoms in total. The van der Waals surface area contributed by atoms with Gasteiger partial charge in [0.2, 0.25) is 5.91 Å². The molecule has 1 aromatic rings. The van der Waals surface area contributed by atoms with Gasteiger partial charge in [-0.3, -0.25) is 14.4 Å². The molecule has 1 N–H and O–H groups in total. The Morgan fingerprint density at radius 1 is 1.21 bits per heavy atom. The predicted molar refractivity (Wildman–Crippen MR) is 102 cm³/mol. The number of piperazine rings is 1. The highest BCUT2D eigenvalue weighted by Gasteiger charge is 2.51. The lowest BCUT2D eigenvalue weighted by Gasteiger charge is -2.39. The number of ether oxygens (including phenoxy) is 2. The molecular formula is C20H25N3O6. The average Bonchev–Trinajstić information content (AvgIpc) is 3.12. The summed E-state index contributed by atoms with van der Waals surface area (Å²) >= 11 is 0. The van der Waals surface area contributed by atoms with Crippen molar-refractivity contribution in [3.8, 4) is 0 Å². The number of methoxy groups -OCH3 is 1. The molecule has 2 saturated heterocycles. The van der Waals surface area contributed by atoms with Crippen LogP contribution in [0.3, 0.4) is 0 Å². The van der Waals surface area contributed by atoms with Crippen molar-refractivity contribution in [1.82, 2.24) is 15.1 Å². The van der Waals surface area contributed by atoms with E-state index in [4.69, 9.17) is 9.47 Å². The van der Waals surface area contributed by atoms with Gasteiger partial charge in [0.25, 0.3) is 0 Å². The molecule has 29 heavy (non-hydrogen) atoms. The number of esters is 2. The summed E-state index contributed by atoms with van der Waals surface area (Å²) < 4.78 is 9.76. The van der Waals surface area contributed by atoms with Crippen molar-refractivity contribution in [2.75, 3.05) is 33.4 Å². The Hall–Kier alpha value is -3.10. The van der Waals surface area contributed by atoms with E-state index in [2.05, 4.69) is 5.32 Å². The maximum atomic E-state index is 12.9.